The van der Waals surface area contributed by atoms with Gasteiger partial charge in [-0.2, -0.15) is 0 Å². The largest absolute Gasteiger partial charge is 0.349 e. The van der Waals surface area contributed by atoms with E-state index in [1.54, 1.807) is 0 Å². The van der Waals surface area contributed by atoms with E-state index in [0.717, 1.165) is 17.0 Å². The van der Waals surface area contributed by atoms with Crippen molar-refractivity contribution < 1.29 is 4.79 Å². The fraction of sp³-hybridized carbons (Fsp3) is 0.400. The van der Waals surface area contributed by atoms with Crippen LogP contribution in [0.4, 0.5) is 0 Å². The molecule has 1 aromatic heterocycles. The lowest BCUT2D eigenvalue weighted by Crippen LogP contribution is -2.24. The highest BCUT2D eigenvalue weighted by atomic mass is 35.5. The second-order valence-corrected chi connectivity index (χ2v) is 3.38. The van der Waals surface area contributed by atoms with Crippen LogP contribution in [0.2, 0.25) is 0 Å². The molecule has 76 valence electrons. The van der Waals surface area contributed by atoms with E-state index >= 15 is 0 Å². The predicted molar refractivity (Wildman–Crippen MR) is 56.3 cm³/mol. The van der Waals surface area contributed by atoms with Crippen LogP contribution in [0.25, 0.3) is 0 Å². The zero-order valence-corrected chi connectivity index (χ0v) is 9.06. The van der Waals surface area contributed by atoms with Crippen molar-refractivity contribution in [1.82, 2.24) is 10.3 Å². The van der Waals surface area contributed by atoms with E-state index in [-0.39, 0.29) is 11.8 Å². The minimum absolute atomic E-state index is 0.00908. The average Bonchev–Trinajstić information content (AvgIpc) is 2.19. The molecular weight excluding hydrogens is 200 g/mol. The van der Waals surface area contributed by atoms with Gasteiger partial charge in [-0.3, -0.25) is 9.78 Å². The van der Waals surface area contributed by atoms with Crippen LogP contribution >= 0.6 is 11.6 Å². The third kappa shape index (κ3) is 3.00. The molecule has 0 aliphatic carbocycles. The van der Waals surface area contributed by atoms with Gasteiger partial charge in [0, 0.05) is 5.69 Å². The van der Waals surface area contributed by atoms with Crippen molar-refractivity contribution in [3.8, 4) is 0 Å². The molecule has 1 amide bonds. The second kappa shape index (κ2) is 4.96. The molecule has 0 unspecified atom stereocenters. The van der Waals surface area contributed by atoms with E-state index in [0.29, 0.717) is 6.54 Å². The van der Waals surface area contributed by atoms with Gasteiger partial charge in [0.15, 0.2) is 0 Å². The van der Waals surface area contributed by atoms with Crippen molar-refractivity contribution in [1.29, 1.82) is 0 Å². The summed E-state index contributed by atoms with van der Waals surface area (Å²) in [5.74, 6) is -0.183. The van der Waals surface area contributed by atoms with Gasteiger partial charge in [0.2, 0.25) is 5.91 Å². The van der Waals surface area contributed by atoms with Crippen LogP contribution in [-0.4, -0.2) is 16.8 Å². The van der Waals surface area contributed by atoms with Crippen LogP contribution in [0.1, 0.15) is 17.0 Å². The molecule has 0 spiro atoms. The maximum absolute atomic E-state index is 10.9. The molecule has 1 aromatic rings. The predicted octanol–water partition coefficient (Wildman–Crippen LogP) is 1.55. The summed E-state index contributed by atoms with van der Waals surface area (Å²) in [6, 6.07) is 3.89. The van der Waals surface area contributed by atoms with Gasteiger partial charge in [-0.1, -0.05) is 6.07 Å². The molecule has 0 aromatic carbocycles. The summed E-state index contributed by atoms with van der Waals surface area (Å²) < 4.78 is 0. The number of amides is 1. The van der Waals surface area contributed by atoms with Gasteiger partial charge in [-0.05, 0) is 25.5 Å². The molecule has 14 heavy (non-hydrogen) atoms. The SMILES string of the molecule is Cc1ccc(CNC(=O)CCl)nc1C. The molecule has 1 N–H and O–H groups in total. The number of nitrogens with zero attached hydrogens (tertiary/aromatic N) is 1. The summed E-state index contributed by atoms with van der Waals surface area (Å²) in [5, 5.41) is 2.66. The lowest BCUT2D eigenvalue weighted by atomic mass is 10.2. The maximum Gasteiger partial charge on any atom is 0.235 e. The quantitative estimate of drug-likeness (QED) is 0.773. The zero-order valence-electron chi connectivity index (χ0n) is 8.30. The van der Waals surface area contributed by atoms with E-state index < -0.39 is 0 Å². The van der Waals surface area contributed by atoms with Crippen molar-refractivity contribution in [2.45, 2.75) is 20.4 Å². The van der Waals surface area contributed by atoms with E-state index in [1.165, 1.54) is 0 Å². The number of nitrogens with one attached hydrogen (secondary N) is 1. The molecule has 0 saturated heterocycles. The number of aromatic nitrogens is 1. The Kier molecular flexibility index (Phi) is 3.89. The summed E-state index contributed by atoms with van der Waals surface area (Å²) in [4.78, 5) is 15.2. The van der Waals surface area contributed by atoms with Crippen molar-refractivity contribution in [2.24, 2.45) is 0 Å². The maximum atomic E-state index is 10.9. The van der Waals surface area contributed by atoms with E-state index in [2.05, 4.69) is 10.3 Å². The highest BCUT2D eigenvalue weighted by molar-refractivity contribution is 6.27. The van der Waals surface area contributed by atoms with Crippen LogP contribution in [0.5, 0.6) is 0 Å². The van der Waals surface area contributed by atoms with E-state index in [9.17, 15) is 4.79 Å². The first-order valence-corrected chi connectivity index (χ1v) is 4.92. The number of halogens is 1. The number of pyridine rings is 1. The minimum Gasteiger partial charge on any atom is -0.349 e. The summed E-state index contributed by atoms with van der Waals surface area (Å²) in [5.41, 5.74) is 2.99. The van der Waals surface area contributed by atoms with Gasteiger partial charge in [0.1, 0.15) is 5.88 Å². The van der Waals surface area contributed by atoms with Gasteiger partial charge in [-0.15, -0.1) is 11.6 Å². The highest BCUT2D eigenvalue weighted by Crippen LogP contribution is 2.04. The van der Waals surface area contributed by atoms with E-state index in [4.69, 9.17) is 11.6 Å². The van der Waals surface area contributed by atoms with E-state index in [1.807, 2.05) is 26.0 Å². The lowest BCUT2D eigenvalue weighted by molar-refractivity contribution is -0.118. The average molecular weight is 213 g/mol. The fourth-order valence-corrected chi connectivity index (χ4v) is 1.11. The van der Waals surface area contributed by atoms with Crippen LogP contribution < -0.4 is 5.32 Å². The van der Waals surface area contributed by atoms with Gasteiger partial charge >= 0.3 is 0 Å². The molecule has 1 heterocycles. The molecule has 0 fully saturated rings. The minimum atomic E-state index is -0.174. The first kappa shape index (κ1) is 11.0. The topological polar surface area (TPSA) is 42.0 Å². The van der Waals surface area contributed by atoms with Gasteiger partial charge in [0.25, 0.3) is 0 Å². The Morgan fingerprint density at radius 3 is 2.79 bits per heavy atom. The summed E-state index contributed by atoms with van der Waals surface area (Å²) >= 11 is 5.34. The molecule has 0 atom stereocenters. The first-order valence-electron chi connectivity index (χ1n) is 4.39. The van der Waals surface area contributed by atoms with Crippen LogP contribution in [-0.2, 0) is 11.3 Å². The Morgan fingerprint density at radius 2 is 2.21 bits per heavy atom. The number of hydrogen-bond acceptors (Lipinski definition) is 2. The summed E-state index contributed by atoms with van der Waals surface area (Å²) in [6.07, 6.45) is 0. The fourth-order valence-electron chi connectivity index (χ4n) is 1.02. The van der Waals surface area contributed by atoms with Crippen molar-refractivity contribution >= 4 is 17.5 Å². The van der Waals surface area contributed by atoms with Gasteiger partial charge < -0.3 is 5.32 Å². The third-order valence-corrected chi connectivity index (χ3v) is 2.24. The number of carbonyl (C=O) groups excluding carboxylic acids is 1. The van der Waals surface area contributed by atoms with Crippen LogP contribution in [0, 0.1) is 13.8 Å². The first-order chi connectivity index (χ1) is 6.63. The molecule has 4 heteroatoms. The Morgan fingerprint density at radius 1 is 1.50 bits per heavy atom. The van der Waals surface area contributed by atoms with Crippen LogP contribution in [0.15, 0.2) is 12.1 Å². The molecular formula is C10H13ClN2O. The lowest BCUT2D eigenvalue weighted by Gasteiger charge is -2.05. The number of carbonyl (C=O) groups is 1. The van der Waals surface area contributed by atoms with Crippen molar-refractivity contribution in [2.75, 3.05) is 5.88 Å². The highest BCUT2D eigenvalue weighted by Gasteiger charge is 2.00. The van der Waals surface area contributed by atoms with Gasteiger partial charge in [0.05, 0.1) is 12.2 Å². The molecule has 0 radical (unpaired) electrons. The molecule has 0 bridgehead atoms. The van der Waals surface area contributed by atoms with Gasteiger partial charge in [-0.25, -0.2) is 0 Å². The van der Waals surface area contributed by atoms with Crippen LogP contribution in [0.3, 0.4) is 0 Å². The molecule has 1 rings (SSSR count). The second-order valence-electron chi connectivity index (χ2n) is 3.12. The monoisotopic (exact) mass is 212 g/mol. The van der Waals surface area contributed by atoms with Crippen molar-refractivity contribution in [3.63, 3.8) is 0 Å². The normalized spacial score (nSPS) is 9.93. The number of alkyl halides is 1. The molecule has 3 nitrogen and oxygen atoms in total. The Labute approximate surface area is 88.5 Å². The molecule has 0 aliphatic heterocycles. The molecule has 0 aliphatic rings. The smallest absolute Gasteiger partial charge is 0.235 e. The van der Waals surface area contributed by atoms with Crippen molar-refractivity contribution in [3.05, 3.63) is 29.1 Å². The Hall–Kier alpha value is -1.09. The summed E-state index contributed by atoms with van der Waals surface area (Å²) in [6.45, 7) is 4.39. The molecule has 0 saturated carbocycles. The number of hydrogen-bond donors (Lipinski definition) is 1. The number of rotatable bonds is 3. The number of aryl methyl sites for hydroxylation is 2. The summed E-state index contributed by atoms with van der Waals surface area (Å²) in [7, 11) is 0. The Bertz CT molecular complexity index is 339. The Balaban J connectivity index is 2.60. The standard InChI is InChI=1S/C10H13ClN2O/c1-7-3-4-9(13-8(7)2)6-12-10(14)5-11/h3-4H,5-6H2,1-2H3,(H,12,14). The zero-order chi connectivity index (χ0) is 10.6. The third-order valence-electron chi connectivity index (χ3n) is 2.00.